The summed E-state index contributed by atoms with van der Waals surface area (Å²) in [6.07, 6.45) is -3.63. The number of nitrogens with zero attached hydrogens (tertiary/aromatic N) is 1. The normalized spacial score (nSPS) is 23.6. The lowest BCUT2D eigenvalue weighted by Crippen LogP contribution is -2.34. The molecule has 2 heterocycles. The second kappa shape index (κ2) is 14.0. The van der Waals surface area contributed by atoms with Crippen LogP contribution in [-0.4, -0.2) is 75.7 Å². The summed E-state index contributed by atoms with van der Waals surface area (Å²) in [6.45, 7) is -1.92. The van der Waals surface area contributed by atoms with E-state index in [0.29, 0.717) is 0 Å². The first-order valence-electron chi connectivity index (χ1n) is 10.4. The highest BCUT2D eigenvalue weighted by Gasteiger charge is 2.37. The Kier molecular flexibility index (Phi) is 11.9. The first kappa shape index (κ1) is 33.2. The van der Waals surface area contributed by atoms with Crippen LogP contribution >= 0.6 is 23.5 Å². The predicted octanol–water partition coefficient (Wildman–Crippen LogP) is -4.89. The number of ether oxygens (including phenoxy) is 2. The number of nitrogens with one attached hydrogen (secondary N) is 2. The number of carbonyl (C=O) groups is 1. The van der Waals surface area contributed by atoms with Crippen LogP contribution in [0.25, 0.3) is 0 Å². The van der Waals surface area contributed by atoms with Crippen molar-refractivity contribution in [1.29, 1.82) is 0 Å². The van der Waals surface area contributed by atoms with Crippen molar-refractivity contribution in [3.8, 4) is 11.8 Å². The molecule has 1 amide bonds. The van der Waals surface area contributed by atoms with Gasteiger partial charge in [-0.3, -0.25) is 32.8 Å². The van der Waals surface area contributed by atoms with Crippen molar-refractivity contribution < 1.29 is 70.9 Å². The zero-order chi connectivity index (χ0) is 29.4. The molecule has 39 heavy (non-hydrogen) atoms. The van der Waals surface area contributed by atoms with Gasteiger partial charge < -0.3 is 49.1 Å². The summed E-state index contributed by atoms with van der Waals surface area (Å²) in [5.41, 5.74) is -2.13. The van der Waals surface area contributed by atoms with Crippen molar-refractivity contribution in [2.24, 2.45) is 0 Å². The van der Waals surface area contributed by atoms with E-state index in [0.717, 1.165) is 10.8 Å². The molecule has 2 rings (SSSR count). The molecule has 220 valence electrons. The van der Waals surface area contributed by atoms with E-state index in [2.05, 4.69) is 30.3 Å². The number of hydrogen-bond acceptors (Lipinski definition) is 16. The van der Waals surface area contributed by atoms with Crippen LogP contribution in [0, 0.1) is 11.8 Å². The molecule has 1 aliphatic rings. The number of aliphatic hydroxyl groups excluding tert-OH is 2. The molecule has 0 bridgehead atoms. The van der Waals surface area contributed by atoms with E-state index in [1.165, 1.54) is 0 Å². The monoisotopic (exact) mass is 620 g/mol. The Labute approximate surface area is 217 Å². The smallest absolute Gasteiger partial charge is 0.330 e. The van der Waals surface area contributed by atoms with Gasteiger partial charge in [0.05, 0.1) is 32.5 Å². The molecule has 23 heteroatoms. The minimum atomic E-state index is -6.12. The van der Waals surface area contributed by atoms with Crippen LogP contribution in [-0.2, 0) is 41.1 Å². The highest BCUT2D eigenvalue weighted by molar-refractivity contribution is 7.65. The standard InChI is InChI=1S/C16H24N3O17P3/c20-4-5-32-9-13(22)17-3-1-2-10-7-19(16(24)18-15(10)23)14-6-11(21)12(34-14)8-33-38(28,29)36-39(30,31)35-37(25,26)27/h7,11-12,14,20-21H,3-6,8-9H2,(H,17,22)(H,28,29)(H,30,31)(H,18,23,24)(H2,25,26,27)/p-3/t11?,12-,14-/m1/s1. The zero-order valence-corrected chi connectivity index (χ0v) is 22.1. The van der Waals surface area contributed by atoms with Crippen LogP contribution < -0.4 is 31.2 Å². The summed E-state index contributed by atoms with van der Waals surface area (Å²) >= 11 is 0. The molecular weight excluding hydrogens is 599 g/mol. The van der Waals surface area contributed by atoms with Gasteiger partial charge in [-0.25, -0.2) is 13.4 Å². The van der Waals surface area contributed by atoms with Crippen LogP contribution in [0.2, 0.25) is 0 Å². The molecule has 1 saturated heterocycles. The zero-order valence-electron chi connectivity index (χ0n) is 19.4. The minimum Gasteiger partial charge on any atom is -0.756 e. The third-order valence-corrected chi connectivity index (χ3v) is 8.04. The number of aromatic nitrogens is 2. The summed E-state index contributed by atoms with van der Waals surface area (Å²) in [7, 11) is -17.9. The number of aromatic amines is 1. The first-order valence-corrected chi connectivity index (χ1v) is 14.8. The van der Waals surface area contributed by atoms with Crippen LogP contribution in [0.4, 0.5) is 0 Å². The van der Waals surface area contributed by atoms with Crippen LogP contribution in [0.15, 0.2) is 15.8 Å². The van der Waals surface area contributed by atoms with Gasteiger partial charge in [0.25, 0.3) is 29.0 Å². The van der Waals surface area contributed by atoms with Gasteiger partial charge in [0.15, 0.2) is 0 Å². The first-order chi connectivity index (χ1) is 18.0. The van der Waals surface area contributed by atoms with E-state index in [1.54, 1.807) is 0 Å². The predicted molar refractivity (Wildman–Crippen MR) is 117 cm³/mol. The maximum absolute atomic E-state index is 12.2. The van der Waals surface area contributed by atoms with Crippen LogP contribution in [0.1, 0.15) is 18.2 Å². The molecule has 4 unspecified atom stereocenters. The van der Waals surface area contributed by atoms with E-state index in [9.17, 15) is 47.9 Å². The number of H-pyrrole nitrogens is 1. The molecule has 0 radical (unpaired) electrons. The van der Waals surface area contributed by atoms with Crippen LogP contribution in [0.3, 0.4) is 0 Å². The second-order valence-corrected chi connectivity index (χ2v) is 11.6. The van der Waals surface area contributed by atoms with Crippen molar-refractivity contribution in [3.63, 3.8) is 0 Å². The fourth-order valence-corrected chi connectivity index (χ4v) is 5.74. The second-order valence-electron chi connectivity index (χ2n) is 7.32. The molecule has 0 spiro atoms. The molecule has 20 nitrogen and oxygen atoms in total. The fraction of sp³-hybridized carbons (Fsp3) is 0.562. The van der Waals surface area contributed by atoms with Gasteiger partial charge in [-0.15, -0.1) is 0 Å². The lowest BCUT2D eigenvalue weighted by molar-refractivity contribution is -0.250. The number of amides is 1. The molecule has 1 fully saturated rings. The summed E-state index contributed by atoms with van der Waals surface area (Å²) in [4.78, 5) is 79.5. The van der Waals surface area contributed by atoms with Crippen molar-refractivity contribution in [2.45, 2.75) is 24.9 Å². The molecule has 1 aromatic heterocycles. The Hall–Kier alpha value is -2.04. The van der Waals surface area contributed by atoms with Gasteiger partial charge in [-0.2, -0.15) is 0 Å². The minimum absolute atomic E-state index is 0.0423. The lowest BCUT2D eigenvalue weighted by atomic mass is 10.2. The Bertz CT molecular complexity index is 1340. The molecule has 0 aliphatic carbocycles. The molecule has 1 aromatic rings. The fourth-order valence-electron chi connectivity index (χ4n) is 2.84. The van der Waals surface area contributed by atoms with E-state index in [1.807, 2.05) is 4.98 Å². The topological polar surface area (TPSA) is 311 Å². The highest BCUT2D eigenvalue weighted by atomic mass is 31.3. The number of phosphoric ester groups is 1. The van der Waals surface area contributed by atoms with Crippen molar-refractivity contribution in [1.82, 2.24) is 14.9 Å². The maximum atomic E-state index is 12.2. The summed E-state index contributed by atoms with van der Waals surface area (Å²) in [6, 6.07) is 0. The third kappa shape index (κ3) is 11.5. The summed E-state index contributed by atoms with van der Waals surface area (Å²) < 4.78 is 55.2. The summed E-state index contributed by atoms with van der Waals surface area (Å²) in [5.74, 6) is 4.34. The number of phosphoric acid groups is 3. The van der Waals surface area contributed by atoms with Crippen LogP contribution in [0.5, 0.6) is 0 Å². The van der Waals surface area contributed by atoms with Gasteiger partial charge in [0.1, 0.15) is 24.5 Å². The number of carbonyl (C=O) groups excluding carboxylic acids is 1. The number of rotatable bonds is 13. The van der Waals surface area contributed by atoms with E-state index in [4.69, 9.17) is 19.5 Å². The number of hydrogen-bond donors (Lipinski definition) is 5. The van der Waals surface area contributed by atoms with Gasteiger partial charge >= 0.3 is 5.69 Å². The van der Waals surface area contributed by atoms with Crippen molar-refractivity contribution in [2.75, 3.05) is 33.0 Å². The molecule has 5 N–H and O–H groups in total. The molecule has 6 atom stereocenters. The van der Waals surface area contributed by atoms with Gasteiger partial charge in [0, 0.05) is 12.6 Å². The maximum Gasteiger partial charge on any atom is 0.330 e. The van der Waals surface area contributed by atoms with E-state index in [-0.39, 0.29) is 38.3 Å². The summed E-state index contributed by atoms with van der Waals surface area (Å²) in [5, 5.41) is 21.1. The Morgan fingerprint density at radius 3 is 2.56 bits per heavy atom. The SMILES string of the molecule is O=C(COCCO)NCC#Cc1cn([C@H]2CC(O)[C@@H](COP(=O)([O-])OP(=O)([O-])OP(=O)([O-])O)O2)c(=O)[nH]c1=O. The molecular formula is C16H21N3O17P3-3. The Morgan fingerprint density at radius 1 is 1.23 bits per heavy atom. The molecule has 0 aromatic carbocycles. The average molecular weight is 620 g/mol. The Balaban J connectivity index is 2.03. The van der Waals surface area contributed by atoms with Gasteiger partial charge in [0.2, 0.25) is 5.91 Å². The lowest BCUT2D eigenvalue weighted by Gasteiger charge is -2.33. The highest BCUT2D eigenvalue weighted by Crippen LogP contribution is 2.61. The number of aliphatic hydroxyl groups is 2. The third-order valence-electron chi connectivity index (χ3n) is 4.35. The molecule has 0 saturated carbocycles. The van der Waals surface area contributed by atoms with E-state index < -0.39 is 65.7 Å². The Morgan fingerprint density at radius 2 is 1.92 bits per heavy atom. The molecule has 1 aliphatic heterocycles. The van der Waals surface area contributed by atoms with Crippen molar-refractivity contribution >= 4 is 29.4 Å². The van der Waals surface area contributed by atoms with Gasteiger partial charge in [-0.05, 0) is 0 Å². The van der Waals surface area contributed by atoms with E-state index >= 15 is 0 Å². The average Bonchev–Trinajstić information content (AvgIpc) is 3.14. The largest absolute Gasteiger partial charge is 0.756 e. The van der Waals surface area contributed by atoms with Gasteiger partial charge in [-0.1, -0.05) is 11.8 Å². The quantitative estimate of drug-likeness (QED) is 0.0784. The van der Waals surface area contributed by atoms with Crippen molar-refractivity contribution in [3.05, 3.63) is 32.6 Å².